The second-order valence-electron chi connectivity index (χ2n) is 4.55. The van der Waals surface area contributed by atoms with Crippen LogP contribution in [0.5, 0.6) is 5.88 Å². The van der Waals surface area contributed by atoms with Crippen molar-refractivity contribution in [1.29, 1.82) is 0 Å². The van der Waals surface area contributed by atoms with Crippen LogP contribution >= 0.6 is 0 Å². The number of piperidine rings is 1. The molecule has 5 nitrogen and oxygen atoms in total. The molecule has 1 atom stereocenters. The zero-order valence-corrected chi connectivity index (χ0v) is 11.2. The third kappa shape index (κ3) is 3.57. The van der Waals surface area contributed by atoms with E-state index in [0.717, 1.165) is 18.9 Å². The summed E-state index contributed by atoms with van der Waals surface area (Å²) in [4.78, 5) is 10.8. The SMILES string of the molecule is CCOc1cc(NC2CCCN(CC)C2)ncn1. The summed E-state index contributed by atoms with van der Waals surface area (Å²) in [6.45, 7) is 8.21. The maximum absolute atomic E-state index is 5.38. The second kappa shape index (κ2) is 6.54. The van der Waals surface area contributed by atoms with Crippen molar-refractivity contribution in [2.24, 2.45) is 0 Å². The standard InChI is InChI=1S/C13H22N4O/c1-3-17-7-5-6-11(9-17)16-12-8-13(18-4-2)15-10-14-12/h8,10-11H,3-7,9H2,1-2H3,(H,14,15,16). The Bertz CT molecular complexity index is 372. The van der Waals surface area contributed by atoms with Crippen LogP contribution in [0, 0.1) is 0 Å². The number of hydrogen-bond donors (Lipinski definition) is 1. The molecule has 0 aliphatic carbocycles. The number of anilines is 1. The minimum atomic E-state index is 0.475. The summed E-state index contributed by atoms with van der Waals surface area (Å²) < 4.78 is 5.38. The van der Waals surface area contributed by atoms with E-state index in [1.807, 2.05) is 13.0 Å². The van der Waals surface area contributed by atoms with E-state index in [1.165, 1.54) is 19.4 Å². The summed E-state index contributed by atoms with van der Waals surface area (Å²) >= 11 is 0. The molecular weight excluding hydrogens is 228 g/mol. The van der Waals surface area contributed by atoms with Crippen LogP contribution in [-0.2, 0) is 0 Å². The Hall–Kier alpha value is -1.36. The molecule has 1 aliphatic rings. The summed E-state index contributed by atoms with van der Waals surface area (Å²) in [5, 5.41) is 3.47. The Labute approximate surface area is 109 Å². The van der Waals surface area contributed by atoms with E-state index in [-0.39, 0.29) is 0 Å². The molecule has 1 aromatic heterocycles. The molecule has 18 heavy (non-hydrogen) atoms. The summed E-state index contributed by atoms with van der Waals surface area (Å²) in [7, 11) is 0. The van der Waals surface area contributed by atoms with Crippen LogP contribution < -0.4 is 10.1 Å². The van der Waals surface area contributed by atoms with Crippen LogP contribution in [0.15, 0.2) is 12.4 Å². The van der Waals surface area contributed by atoms with Gasteiger partial charge in [-0.25, -0.2) is 9.97 Å². The van der Waals surface area contributed by atoms with Crippen LogP contribution in [0.3, 0.4) is 0 Å². The molecule has 5 heteroatoms. The van der Waals surface area contributed by atoms with Crippen molar-refractivity contribution < 1.29 is 4.74 Å². The van der Waals surface area contributed by atoms with Crippen molar-refractivity contribution in [3.63, 3.8) is 0 Å². The number of hydrogen-bond acceptors (Lipinski definition) is 5. The smallest absolute Gasteiger partial charge is 0.218 e. The lowest BCUT2D eigenvalue weighted by Gasteiger charge is -2.32. The second-order valence-corrected chi connectivity index (χ2v) is 4.55. The number of nitrogens with one attached hydrogen (secondary N) is 1. The van der Waals surface area contributed by atoms with Crippen molar-refractivity contribution >= 4 is 5.82 Å². The molecule has 1 N–H and O–H groups in total. The largest absolute Gasteiger partial charge is 0.478 e. The number of likely N-dealkylation sites (tertiary alicyclic amines) is 1. The third-order valence-corrected chi connectivity index (χ3v) is 3.24. The van der Waals surface area contributed by atoms with Crippen LogP contribution in [0.2, 0.25) is 0 Å². The highest BCUT2D eigenvalue weighted by Crippen LogP contribution is 2.16. The number of aromatic nitrogens is 2. The van der Waals surface area contributed by atoms with Gasteiger partial charge in [0, 0.05) is 18.7 Å². The molecule has 1 aromatic rings. The van der Waals surface area contributed by atoms with Gasteiger partial charge in [-0.1, -0.05) is 6.92 Å². The quantitative estimate of drug-likeness (QED) is 0.863. The van der Waals surface area contributed by atoms with E-state index >= 15 is 0 Å². The fraction of sp³-hybridized carbons (Fsp3) is 0.692. The minimum Gasteiger partial charge on any atom is -0.478 e. The number of rotatable bonds is 5. The van der Waals surface area contributed by atoms with E-state index in [9.17, 15) is 0 Å². The van der Waals surface area contributed by atoms with E-state index < -0.39 is 0 Å². The molecule has 1 aliphatic heterocycles. The zero-order chi connectivity index (χ0) is 12.8. The Morgan fingerprint density at radius 2 is 2.33 bits per heavy atom. The van der Waals surface area contributed by atoms with E-state index in [2.05, 4.69) is 27.1 Å². The molecule has 0 saturated carbocycles. The first-order chi connectivity index (χ1) is 8.81. The lowest BCUT2D eigenvalue weighted by Crippen LogP contribution is -2.41. The molecule has 1 fully saturated rings. The van der Waals surface area contributed by atoms with Gasteiger partial charge >= 0.3 is 0 Å². The highest BCUT2D eigenvalue weighted by molar-refractivity contribution is 5.38. The number of nitrogens with zero attached hydrogens (tertiary/aromatic N) is 3. The lowest BCUT2D eigenvalue weighted by molar-refractivity contribution is 0.226. The van der Waals surface area contributed by atoms with Gasteiger partial charge < -0.3 is 15.0 Å². The number of likely N-dealkylation sites (N-methyl/N-ethyl adjacent to an activating group) is 1. The van der Waals surface area contributed by atoms with Crippen molar-refractivity contribution in [2.75, 3.05) is 31.6 Å². The highest BCUT2D eigenvalue weighted by Gasteiger charge is 2.18. The number of ether oxygens (including phenoxy) is 1. The Kier molecular flexibility index (Phi) is 4.75. The van der Waals surface area contributed by atoms with Gasteiger partial charge in [-0.15, -0.1) is 0 Å². The van der Waals surface area contributed by atoms with Crippen LogP contribution in [0.1, 0.15) is 26.7 Å². The first kappa shape index (κ1) is 13.1. The van der Waals surface area contributed by atoms with Gasteiger partial charge in [0.2, 0.25) is 5.88 Å². The minimum absolute atomic E-state index is 0.475. The van der Waals surface area contributed by atoms with Crippen molar-refractivity contribution in [2.45, 2.75) is 32.7 Å². The molecule has 0 aromatic carbocycles. The normalized spacial score (nSPS) is 20.7. The van der Waals surface area contributed by atoms with Gasteiger partial charge in [0.05, 0.1) is 6.61 Å². The van der Waals surface area contributed by atoms with Gasteiger partial charge in [-0.2, -0.15) is 0 Å². The molecule has 1 saturated heterocycles. The van der Waals surface area contributed by atoms with E-state index in [1.54, 1.807) is 6.33 Å². The van der Waals surface area contributed by atoms with E-state index in [0.29, 0.717) is 18.5 Å². The molecule has 100 valence electrons. The molecule has 0 radical (unpaired) electrons. The zero-order valence-electron chi connectivity index (χ0n) is 11.2. The molecule has 2 heterocycles. The Morgan fingerprint density at radius 3 is 3.11 bits per heavy atom. The molecule has 1 unspecified atom stereocenters. The van der Waals surface area contributed by atoms with Crippen LogP contribution in [0.25, 0.3) is 0 Å². The molecule has 0 bridgehead atoms. The van der Waals surface area contributed by atoms with Crippen LogP contribution in [-0.4, -0.2) is 47.2 Å². The highest BCUT2D eigenvalue weighted by atomic mass is 16.5. The summed E-state index contributed by atoms with van der Waals surface area (Å²) in [5.41, 5.74) is 0. The average molecular weight is 250 g/mol. The summed E-state index contributed by atoms with van der Waals surface area (Å²) in [6.07, 6.45) is 3.99. The van der Waals surface area contributed by atoms with E-state index in [4.69, 9.17) is 4.74 Å². The van der Waals surface area contributed by atoms with Crippen molar-refractivity contribution in [3.05, 3.63) is 12.4 Å². The van der Waals surface area contributed by atoms with Gasteiger partial charge in [0.25, 0.3) is 0 Å². The van der Waals surface area contributed by atoms with Crippen molar-refractivity contribution in [3.8, 4) is 5.88 Å². The van der Waals surface area contributed by atoms with Gasteiger partial charge in [-0.05, 0) is 32.9 Å². The average Bonchev–Trinajstić information content (AvgIpc) is 2.40. The third-order valence-electron chi connectivity index (χ3n) is 3.24. The Balaban J connectivity index is 1.93. The van der Waals surface area contributed by atoms with Gasteiger partial charge in [-0.3, -0.25) is 0 Å². The maximum atomic E-state index is 5.38. The molecule has 0 spiro atoms. The predicted octanol–water partition coefficient (Wildman–Crippen LogP) is 1.77. The molecule has 2 rings (SSSR count). The first-order valence-corrected chi connectivity index (χ1v) is 6.75. The first-order valence-electron chi connectivity index (χ1n) is 6.75. The summed E-state index contributed by atoms with van der Waals surface area (Å²) in [5.74, 6) is 1.49. The fourth-order valence-corrected chi connectivity index (χ4v) is 2.31. The topological polar surface area (TPSA) is 50.3 Å². The van der Waals surface area contributed by atoms with Gasteiger partial charge in [0.1, 0.15) is 12.1 Å². The summed E-state index contributed by atoms with van der Waals surface area (Å²) in [6, 6.07) is 2.34. The fourth-order valence-electron chi connectivity index (χ4n) is 2.31. The van der Waals surface area contributed by atoms with Gasteiger partial charge in [0.15, 0.2) is 0 Å². The monoisotopic (exact) mass is 250 g/mol. The lowest BCUT2D eigenvalue weighted by atomic mass is 10.1. The Morgan fingerprint density at radius 1 is 1.44 bits per heavy atom. The van der Waals surface area contributed by atoms with Crippen molar-refractivity contribution in [1.82, 2.24) is 14.9 Å². The van der Waals surface area contributed by atoms with Crippen LogP contribution in [0.4, 0.5) is 5.82 Å². The maximum Gasteiger partial charge on any atom is 0.218 e. The predicted molar refractivity (Wildman–Crippen MR) is 72.0 cm³/mol. The molecule has 0 amide bonds. The molecular formula is C13H22N4O.